The van der Waals surface area contributed by atoms with Gasteiger partial charge in [-0.2, -0.15) is 0 Å². The molecule has 0 unspecified atom stereocenters. The van der Waals surface area contributed by atoms with Gasteiger partial charge >= 0.3 is 0 Å². The standard InChI is InChI=1S/C12H15FN2O.ClH/c1-8-2-3-11(13)10(4-8)12(16)15-7-9-5-14-6-9;/h2-4,9,14H,5-7H2,1H3,(H,15,16);1H. The van der Waals surface area contributed by atoms with Gasteiger partial charge in [-0.3, -0.25) is 4.79 Å². The lowest BCUT2D eigenvalue weighted by Gasteiger charge is -2.27. The monoisotopic (exact) mass is 258 g/mol. The first-order valence-corrected chi connectivity index (χ1v) is 5.42. The number of nitrogens with one attached hydrogen (secondary N) is 2. The number of rotatable bonds is 3. The first-order valence-electron chi connectivity index (χ1n) is 5.42. The molecule has 1 aliphatic heterocycles. The lowest BCUT2D eigenvalue weighted by atomic mass is 10.0. The molecule has 0 atom stereocenters. The SMILES string of the molecule is Cc1ccc(F)c(C(=O)NCC2CNC2)c1.Cl. The maximum Gasteiger partial charge on any atom is 0.254 e. The van der Waals surface area contributed by atoms with Gasteiger partial charge in [-0.05, 0) is 19.1 Å². The molecule has 1 heterocycles. The Morgan fingerprint density at radius 1 is 1.53 bits per heavy atom. The van der Waals surface area contributed by atoms with Crippen molar-refractivity contribution in [3.05, 3.63) is 35.1 Å². The average Bonchev–Trinajstić information content (AvgIpc) is 2.19. The Bertz CT molecular complexity index is 407. The van der Waals surface area contributed by atoms with Crippen molar-refractivity contribution in [3.63, 3.8) is 0 Å². The maximum absolute atomic E-state index is 13.4. The third-order valence-corrected chi connectivity index (χ3v) is 2.78. The first kappa shape index (κ1) is 13.9. The molecule has 2 rings (SSSR count). The van der Waals surface area contributed by atoms with E-state index < -0.39 is 5.82 Å². The lowest BCUT2D eigenvalue weighted by molar-refractivity contribution is 0.0938. The van der Waals surface area contributed by atoms with Crippen molar-refractivity contribution in [1.82, 2.24) is 10.6 Å². The summed E-state index contributed by atoms with van der Waals surface area (Å²) < 4.78 is 13.4. The number of amides is 1. The van der Waals surface area contributed by atoms with Crippen LogP contribution in [0.5, 0.6) is 0 Å². The number of carbonyl (C=O) groups excluding carboxylic acids is 1. The number of aryl methyl sites for hydroxylation is 1. The van der Waals surface area contributed by atoms with Crippen molar-refractivity contribution in [2.45, 2.75) is 6.92 Å². The molecule has 5 heteroatoms. The van der Waals surface area contributed by atoms with Gasteiger partial charge < -0.3 is 10.6 Å². The Labute approximate surface area is 106 Å². The van der Waals surface area contributed by atoms with Crippen LogP contribution in [0.1, 0.15) is 15.9 Å². The highest BCUT2D eigenvalue weighted by Crippen LogP contribution is 2.10. The molecular weight excluding hydrogens is 243 g/mol. The fourth-order valence-electron chi connectivity index (χ4n) is 1.64. The molecule has 0 radical (unpaired) electrons. The lowest BCUT2D eigenvalue weighted by Crippen LogP contribution is -2.48. The van der Waals surface area contributed by atoms with Crippen molar-refractivity contribution < 1.29 is 9.18 Å². The van der Waals surface area contributed by atoms with Gasteiger partial charge in [0.2, 0.25) is 0 Å². The van der Waals surface area contributed by atoms with Crippen LogP contribution in [-0.4, -0.2) is 25.5 Å². The molecule has 1 amide bonds. The second kappa shape index (κ2) is 5.98. The topological polar surface area (TPSA) is 41.1 Å². The van der Waals surface area contributed by atoms with Crippen LogP contribution in [0.3, 0.4) is 0 Å². The minimum Gasteiger partial charge on any atom is -0.352 e. The summed E-state index contributed by atoms with van der Waals surface area (Å²) in [5.74, 6) is -0.306. The molecule has 1 aliphatic rings. The molecule has 0 saturated carbocycles. The Morgan fingerprint density at radius 3 is 2.82 bits per heavy atom. The molecule has 2 N–H and O–H groups in total. The zero-order valence-corrected chi connectivity index (χ0v) is 10.4. The van der Waals surface area contributed by atoms with Crippen molar-refractivity contribution in [2.24, 2.45) is 5.92 Å². The third-order valence-electron chi connectivity index (χ3n) is 2.78. The van der Waals surface area contributed by atoms with E-state index in [0.29, 0.717) is 12.5 Å². The van der Waals surface area contributed by atoms with E-state index in [4.69, 9.17) is 0 Å². The predicted octanol–water partition coefficient (Wildman–Crippen LogP) is 1.51. The minimum atomic E-state index is -0.463. The zero-order chi connectivity index (χ0) is 11.5. The normalized spacial score (nSPS) is 14.7. The number of carbonyl (C=O) groups is 1. The van der Waals surface area contributed by atoms with Gasteiger partial charge in [-0.15, -0.1) is 12.4 Å². The Morgan fingerprint density at radius 2 is 2.24 bits per heavy atom. The quantitative estimate of drug-likeness (QED) is 0.863. The second-order valence-electron chi connectivity index (χ2n) is 4.22. The van der Waals surface area contributed by atoms with Crippen LogP contribution < -0.4 is 10.6 Å². The average molecular weight is 259 g/mol. The van der Waals surface area contributed by atoms with Crippen LogP contribution in [0, 0.1) is 18.7 Å². The van der Waals surface area contributed by atoms with Gasteiger partial charge in [0.25, 0.3) is 5.91 Å². The summed E-state index contributed by atoms with van der Waals surface area (Å²) in [7, 11) is 0. The number of hydrogen-bond acceptors (Lipinski definition) is 2. The van der Waals surface area contributed by atoms with Gasteiger partial charge in [0.1, 0.15) is 5.82 Å². The molecule has 3 nitrogen and oxygen atoms in total. The van der Waals surface area contributed by atoms with E-state index in [-0.39, 0.29) is 23.9 Å². The van der Waals surface area contributed by atoms with Crippen molar-refractivity contribution in [1.29, 1.82) is 0 Å². The highest BCUT2D eigenvalue weighted by atomic mass is 35.5. The molecule has 0 spiro atoms. The van der Waals surface area contributed by atoms with E-state index in [1.54, 1.807) is 12.1 Å². The fraction of sp³-hybridized carbons (Fsp3) is 0.417. The fourth-order valence-corrected chi connectivity index (χ4v) is 1.64. The van der Waals surface area contributed by atoms with Crippen LogP contribution >= 0.6 is 12.4 Å². The number of hydrogen-bond donors (Lipinski definition) is 2. The van der Waals surface area contributed by atoms with Crippen LogP contribution in [0.4, 0.5) is 4.39 Å². The molecule has 0 aliphatic carbocycles. The van der Waals surface area contributed by atoms with E-state index in [2.05, 4.69) is 10.6 Å². The number of benzene rings is 1. The van der Waals surface area contributed by atoms with Crippen LogP contribution in [0.25, 0.3) is 0 Å². The zero-order valence-electron chi connectivity index (χ0n) is 9.63. The largest absolute Gasteiger partial charge is 0.352 e. The van der Waals surface area contributed by atoms with Gasteiger partial charge in [0, 0.05) is 25.6 Å². The van der Waals surface area contributed by atoms with Crippen LogP contribution in [0.2, 0.25) is 0 Å². The van der Waals surface area contributed by atoms with Gasteiger partial charge in [-0.25, -0.2) is 4.39 Å². The van der Waals surface area contributed by atoms with Crippen LogP contribution in [-0.2, 0) is 0 Å². The molecular formula is C12H16ClFN2O. The van der Waals surface area contributed by atoms with Crippen molar-refractivity contribution in [2.75, 3.05) is 19.6 Å². The third kappa shape index (κ3) is 3.41. The van der Waals surface area contributed by atoms with Gasteiger partial charge in [-0.1, -0.05) is 11.6 Å². The van der Waals surface area contributed by atoms with E-state index in [1.165, 1.54) is 6.07 Å². The molecule has 1 aromatic carbocycles. The maximum atomic E-state index is 13.4. The summed E-state index contributed by atoms with van der Waals surface area (Å²) >= 11 is 0. The Hall–Kier alpha value is -1.13. The number of halogens is 2. The summed E-state index contributed by atoms with van der Waals surface area (Å²) in [6.07, 6.45) is 0. The summed E-state index contributed by atoms with van der Waals surface area (Å²) in [5, 5.41) is 5.87. The molecule has 1 fully saturated rings. The van der Waals surface area contributed by atoms with Crippen molar-refractivity contribution in [3.8, 4) is 0 Å². The van der Waals surface area contributed by atoms with Gasteiger partial charge in [0.15, 0.2) is 0 Å². The van der Waals surface area contributed by atoms with E-state index >= 15 is 0 Å². The molecule has 1 aromatic rings. The van der Waals surface area contributed by atoms with Crippen LogP contribution in [0.15, 0.2) is 18.2 Å². The summed E-state index contributed by atoms with van der Waals surface area (Å²) in [5.41, 5.74) is 1.02. The molecule has 0 bridgehead atoms. The van der Waals surface area contributed by atoms with E-state index in [1.807, 2.05) is 6.92 Å². The smallest absolute Gasteiger partial charge is 0.254 e. The molecule has 1 saturated heterocycles. The minimum absolute atomic E-state index is 0. The summed E-state index contributed by atoms with van der Waals surface area (Å²) in [6.45, 7) is 4.30. The van der Waals surface area contributed by atoms with E-state index in [9.17, 15) is 9.18 Å². The Balaban J connectivity index is 0.00000144. The predicted molar refractivity (Wildman–Crippen MR) is 67.1 cm³/mol. The second-order valence-corrected chi connectivity index (χ2v) is 4.22. The van der Waals surface area contributed by atoms with Crippen molar-refractivity contribution >= 4 is 18.3 Å². The summed E-state index contributed by atoms with van der Waals surface area (Å²) in [6, 6.07) is 4.56. The molecule has 94 valence electrons. The first-order chi connectivity index (χ1) is 7.66. The highest BCUT2D eigenvalue weighted by molar-refractivity contribution is 5.94. The highest BCUT2D eigenvalue weighted by Gasteiger charge is 2.18. The molecule has 0 aromatic heterocycles. The molecule has 17 heavy (non-hydrogen) atoms. The summed E-state index contributed by atoms with van der Waals surface area (Å²) in [4.78, 5) is 11.7. The Kier molecular flexibility index (Phi) is 4.90. The van der Waals surface area contributed by atoms with Gasteiger partial charge in [0.05, 0.1) is 5.56 Å². The van der Waals surface area contributed by atoms with E-state index in [0.717, 1.165) is 18.7 Å².